The highest BCUT2D eigenvalue weighted by atomic mass is 16.3. The number of nitrogens with zero attached hydrogens (tertiary/aromatic N) is 1. The Morgan fingerprint density at radius 2 is 1.92 bits per heavy atom. The molecule has 1 rings (SSSR count). The SMILES string of the molecule is CCC1CC(CN=O)C[C@H](C)C1. The fourth-order valence-electron chi connectivity index (χ4n) is 2.49. The maximum Gasteiger partial charge on any atom is 0.0839 e. The quantitative estimate of drug-likeness (QED) is 0.596. The molecular formula is C10H19NO. The van der Waals surface area contributed by atoms with Crippen molar-refractivity contribution >= 4 is 0 Å². The van der Waals surface area contributed by atoms with Gasteiger partial charge in [0.2, 0.25) is 0 Å². The van der Waals surface area contributed by atoms with Crippen molar-refractivity contribution in [3.8, 4) is 0 Å². The molecule has 0 bridgehead atoms. The van der Waals surface area contributed by atoms with Gasteiger partial charge in [-0.3, -0.25) is 0 Å². The maximum absolute atomic E-state index is 10.1. The van der Waals surface area contributed by atoms with Crippen molar-refractivity contribution in [3.63, 3.8) is 0 Å². The molecule has 0 aromatic heterocycles. The summed E-state index contributed by atoms with van der Waals surface area (Å²) in [4.78, 5) is 10.1. The molecule has 1 saturated carbocycles. The zero-order valence-corrected chi connectivity index (χ0v) is 8.12. The molecule has 0 heterocycles. The van der Waals surface area contributed by atoms with E-state index in [9.17, 15) is 4.91 Å². The molecule has 0 aromatic carbocycles. The lowest BCUT2D eigenvalue weighted by Crippen LogP contribution is -2.22. The van der Waals surface area contributed by atoms with Crippen LogP contribution in [-0.4, -0.2) is 6.54 Å². The van der Waals surface area contributed by atoms with Gasteiger partial charge < -0.3 is 0 Å². The first-order valence-corrected chi connectivity index (χ1v) is 5.05. The van der Waals surface area contributed by atoms with E-state index in [-0.39, 0.29) is 0 Å². The van der Waals surface area contributed by atoms with Gasteiger partial charge in [0.15, 0.2) is 0 Å². The van der Waals surface area contributed by atoms with Crippen LogP contribution in [0.3, 0.4) is 0 Å². The van der Waals surface area contributed by atoms with E-state index in [1.54, 1.807) is 0 Å². The summed E-state index contributed by atoms with van der Waals surface area (Å²) < 4.78 is 0. The predicted molar refractivity (Wildman–Crippen MR) is 50.9 cm³/mol. The van der Waals surface area contributed by atoms with Crippen LogP contribution in [0.4, 0.5) is 0 Å². The van der Waals surface area contributed by atoms with Crippen LogP contribution in [0.1, 0.15) is 39.5 Å². The second kappa shape index (κ2) is 4.58. The summed E-state index contributed by atoms with van der Waals surface area (Å²) in [6.07, 6.45) is 5.06. The third-order valence-corrected chi connectivity index (χ3v) is 3.05. The average Bonchev–Trinajstić information content (AvgIpc) is 2.04. The molecule has 0 N–H and O–H groups in total. The summed E-state index contributed by atoms with van der Waals surface area (Å²) in [6.45, 7) is 5.08. The molecule has 3 atom stereocenters. The van der Waals surface area contributed by atoms with E-state index in [0.29, 0.717) is 12.5 Å². The standard InChI is InChI=1S/C10H19NO/c1-3-9-4-8(2)5-10(6-9)7-11-12/h8-10H,3-7H2,1-2H3/t8-,9?,10?/m1/s1. The first kappa shape index (κ1) is 9.69. The van der Waals surface area contributed by atoms with Crippen LogP contribution in [0.2, 0.25) is 0 Å². The zero-order chi connectivity index (χ0) is 8.97. The second-order valence-electron chi connectivity index (χ2n) is 4.26. The van der Waals surface area contributed by atoms with Crippen LogP contribution in [0.15, 0.2) is 5.18 Å². The Bertz CT molecular complexity index is 147. The number of hydrogen-bond donors (Lipinski definition) is 0. The van der Waals surface area contributed by atoms with Gasteiger partial charge in [-0.05, 0) is 37.0 Å². The van der Waals surface area contributed by atoms with Crippen LogP contribution in [0.5, 0.6) is 0 Å². The summed E-state index contributed by atoms with van der Waals surface area (Å²) in [5.41, 5.74) is 0. The molecule has 1 fully saturated rings. The molecule has 2 heteroatoms. The molecule has 0 amide bonds. The number of hydrogen-bond acceptors (Lipinski definition) is 2. The van der Waals surface area contributed by atoms with Crippen LogP contribution in [-0.2, 0) is 0 Å². The molecule has 0 saturated heterocycles. The van der Waals surface area contributed by atoms with Crippen molar-refractivity contribution in [2.75, 3.05) is 6.54 Å². The summed E-state index contributed by atoms with van der Waals surface area (Å²) >= 11 is 0. The van der Waals surface area contributed by atoms with Gasteiger partial charge in [0.25, 0.3) is 0 Å². The van der Waals surface area contributed by atoms with Crippen molar-refractivity contribution in [2.45, 2.75) is 39.5 Å². The van der Waals surface area contributed by atoms with E-state index < -0.39 is 0 Å². The summed E-state index contributed by atoms with van der Waals surface area (Å²) in [7, 11) is 0. The highest BCUT2D eigenvalue weighted by Crippen LogP contribution is 2.34. The van der Waals surface area contributed by atoms with Crippen molar-refractivity contribution in [3.05, 3.63) is 4.91 Å². The Hall–Kier alpha value is -0.400. The zero-order valence-electron chi connectivity index (χ0n) is 8.12. The van der Waals surface area contributed by atoms with E-state index in [2.05, 4.69) is 19.0 Å². The van der Waals surface area contributed by atoms with Gasteiger partial charge >= 0.3 is 0 Å². The molecule has 1 aliphatic rings. The molecule has 0 aliphatic heterocycles. The Kier molecular flexibility index (Phi) is 3.70. The molecule has 2 nitrogen and oxygen atoms in total. The molecule has 0 aromatic rings. The fraction of sp³-hybridized carbons (Fsp3) is 1.00. The van der Waals surface area contributed by atoms with Gasteiger partial charge in [-0.15, -0.1) is 0 Å². The minimum absolute atomic E-state index is 0.542. The highest BCUT2D eigenvalue weighted by molar-refractivity contribution is 4.77. The van der Waals surface area contributed by atoms with E-state index in [4.69, 9.17) is 0 Å². The third-order valence-electron chi connectivity index (χ3n) is 3.05. The van der Waals surface area contributed by atoms with Gasteiger partial charge in [-0.1, -0.05) is 25.4 Å². The topological polar surface area (TPSA) is 29.4 Å². The minimum Gasteiger partial charge on any atom is -0.151 e. The summed E-state index contributed by atoms with van der Waals surface area (Å²) in [5, 5.41) is 3.01. The smallest absolute Gasteiger partial charge is 0.0839 e. The normalized spacial score (nSPS) is 36.3. The Labute approximate surface area is 74.7 Å². The van der Waals surface area contributed by atoms with Crippen LogP contribution in [0, 0.1) is 22.7 Å². The molecule has 12 heavy (non-hydrogen) atoms. The van der Waals surface area contributed by atoms with Gasteiger partial charge in [0.1, 0.15) is 0 Å². The highest BCUT2D eigenvalue weighted by Gasteiger charge is 2.25. The van der Waals surface area contributed by atoms with Crippen molar-refractivity contribution in [2.24, 2.45) is 22.9 Å². The molecule has 0 radical (unpaired) electrons. The van der Waals surface area contributed by atoms with E-state index >= 15 is 0 Å². The van der Waals surface area contributed by atoms with Gasteiger partial charge in [0.05, 0.1) is 6.54 Å². The molecular weight excluding hydrogens is 150 g/mol. The van der Waals surface area contributed by atoms with Crippen LogP contribution >= 0.6 is 0 Å². The molecule has 70 valence electrons. The van der Waals surface area contributed by atoms with E-state index in [1.807, 2.05) is 0 Å². The molecule has 1 aliphatic carbocycles. The maximum atomic E-state index is 10.1. The number of nitroso groups, excluding NO2 is 1. The molecule has 0 spiro atoms. The van der Waals surface area contributed by atoms with Crippen LogP contribution < -0.4 is 0 Å². The Morgan fingerprint density at radius 3 is 2.50 bits per heavy atom. The predicted octanol–water partition coefficient (Wildman–Crippen LogP) is 3.22. The number of rotatable bonds is 3. The second-order valence-corrected chi connectivity index (χ2v) is 4.26. The van der Waals surface area contributed by atoms with E-state index in [1.165, 1.54) is 25.7 Å². The van der Waals surface area contributed by atoms with Gasteiger partial charge in [0, 0.05) is 0 Å². The van der Waals surface area contributed by atoms with Crippen molar-refractivity contribution < 1.29 is 0 Å². The minimum atomic E-state index is 0.542. The summed E-state index contributed by atoms with van der Waals surface area (Å²) in [6, 6.07) is 0. The molecule has 2 unspecified atom stereocenters. The van der Waals surface area contributed by atoms with Crippen LogP contribution in [0.25, 0.3) is 0 Å². The lowest BCUT2D eigenvalue weighted by atomic mass is 9.75. The van der Waals surface area contributed by atoms with Gasteiger partial charge in [-0.25, -0.2) is 0 Å². The Balaban J connectivity index is 2.39. The third kappa shape index (κ3) is 2.58. The lowest BCUT2D eigenvalue weighted by molar-refractivity contribution is 0.207. The van der Waals surface area contributed by atoms with E-state index in [0.717, 1.165) is 11.8 Å². The fourth-order valence-corrected chi connectivity index (χ4v) is 2.49. The first-order chi connectivity index (χ1) is 5.76. The lowest BCUT2D eigenvalue weighted by Gasteiger charge is -2.31. The first-order valence-electron chi connectivity index (χ1n) is 5.05. The summed E-state index contributed by atoms with van der Waals surface area (Å²) in [5.74, 6) is 2.23. The van der Waals surface area contributed by atoms with Crippen molar-refractivity contribution in [1.29, 1.82) is 0 Å². The van der Waals surface area contributed by atoms with Gasteiger partial charge in [-0.2, -0.15) is 4.91 Å². The monoisotopic (exact) mass is 169 g/mol. The van der Waals surface area contributed by atoms with Crippen molar-refractivity contribution in [1.82, 2.24) is 0 Å². The largest absolute Gasteiger partial charge is 0.151 e. The average molecular weight is 169 g/mol. The Morgan fingerprint density at radius 1 is 1.25 bits per heavy atom.